The molecule has 1 aliphatic rings. The minimum absolute atomic E-state index is 0.800. The summed E-state index contributed by atoms with van der Waals surface area (Å²) in [5, 5.41) is 0. The van der Waals surface area contributed by atoms with Crippen LogP contribution >= 0.6 is 0 Å². The average Bonchev–Trinajstić information content (AvgIpc) is 2.15. The van der Waals surface area contributed by atoms with Crippen molar-refractivity contribution in [3.63, 3.8) is 0 Å². The predicted octanol–water partition coefficient (Wildman–Crippen LogP) is 2.97. The Hall–Kier alpha value is -0.530. The normalized spacial score (nSPS) is 29.1. The van der Waals surface area contributed by atoms with Gasteiger partial charge in [-0.1, -0.05) is 26.7 Å². The van der Waals surface area contributed by atoms with Crippen LogP contribution in [-0.4, -0.2) is 12.4 Å². The lowest BCUT2D eigenvalue weighted by molar-refractivity contribution is 0.289. The number of nitrogens with zero attached hydrogens (tertiary/aromatic N) is 1. The minimum atomic E-state index is 0.800. The summed E-state index contributed by atoms with van der Waals surface area (Å²) in [5.41, 5.74) is 5.79. The molecule has 0 aromatic heterocycles. The minimum Gasteiger partial charge on any atom is -0.387 e. The summed E-state index contributed by atoms with van der Waals surface area (Å²) in [4.78, 5) is 4.47. The Kier molecular flexibility index (Phi) is 4.99. The van der Waals surface area contributed by atoms with Crippen molar-refractivity contribution in [1.29, 1.82) is 0 Å². The van der Waals surface area contributed by atoms with E-state index in [-0.39, 0.29) is 0 Å². The Balaban J connectivity index is 2.26. The van der Waals surface area contributed by atoms with E-state index in [1.54, 1.807) is 0 Å². The van der Waals surface area contributed by atoms with E-state index in [2.05, 4.69) is 18.8 Å². The van der Waals surface area contributed by atoms with Crippen molar-refractivity contribution >= 4 is 5.84 Å². The van der Waals surface area contributed by atoms with Gasteiger partial charge in [-0.05, 0) is 31.1 Å². The Morgan fingerprint density at radius 2 is 2.21 bits per heavy atom. The van der Waals surface area contributed by atoms with Crippen LogP contribution in [0.3, 0.4) is 0 Å². The number of amidine groups is 1. The highest BCUT2D eigenvalue weighted by Crippen LogP contribution is 2.28. The summed E-state index contributed by atoms with van der Waals surface area (Å²) in [7, 11) is 0. The van der Waals surface area contributed by atoms with Gasteiger partial charge in [0, 0.05) is 13.0 Å². The van der Waals surface area contributed by atoms with Crippen LogP contribution in [-0.2, 0) is 0 Å². The molecule has 0 amide bonds. The molecule has 0 aliphatic heterocycles. The average molecular weight is 196 g/mol. The van der Waals surface area contributed by atoms with Crippen molar-refractivity contribution in [2.24, 2.45) is 22.6 Å². The van der Waals surface area contributed by atoms with Crippen molar-refractivity contribution in [3.05, 3.63) is 0 Å². The van der Waals surface area contributed by atoms with Gasteiger partial charge in [-0.25, -0.2) is 0 Å². The van der Waals surface area contributed by atoms with Gasteiger partial charge < -0.3 is 5.73 Å². The van der Waals surface area contributed by atoms with Gasteiger partial charge in [-0.3, -0.25) is 4.99 Å². The maximum absolute atomic E-state index is 5.79. The molecule has 2 nitrogen and oxygen atoms in total. The van der Waals surface area contributed by atoms with E-state index in [0.717, 1.165) is 37.1 Å². The van der Waals surface area contributed by atoms with E-state index < -0.39 is 0 Å². The number of rotatable bonds is 4. The zero-order chi connectivity index (χ0) is 10.4. The van der Waals surface area contributed by atoms with Crippen molar-refractivity contribution in [2.45, 2.75) is 52.4 Å². The van der Waals surface area contributed by atoms with E-state index in [0.29, 0.717) is 0 Å². The van der Waals surface area contributed by atoms with Crippen LogP contribution in [0.4, 0.5) is 0 Å². The van der Waals surface area contributed by atoms with Crippen LogP contribution in [0, 0.1) is 11.8 Å². The van der Waals surface area contributed by atoms with Gasteiger partial charge in [0.2, 0.25) is 0 Å². The first kappa shape index (κ1) is 11.5. The van der Waals surface area contributed by atoms with Gasteiger partial charge in [-0.15, -0.1) is 0 Å². The fraction of sp³-hybridized carbons (Fsp3) is 0.917. The molecular formula is C12H24N2. The zero-order valence-electron chi connectivity index (χ0n) is 9.63. The van der Waals surface area contributed by atoms with Crippen LogP contribution in [0.15, 0.2) is 4.99 Å². The van der Waals surface area contributed by atoms with E-state index in [9.17, 15) is 0 Å². The van der Waals surface area contributed by atoms with Crippen molar-refractivity contribution in [3.8, 4) is 0 Å². The van der Waals surface area contributed by atoms with Crippen LogP contribution in [0.1, 0.15) is 52.4 Å². The SMILES string of the molecule is CCCC(N)=NCC1CCCC(C)C1. The summed E-state index contributed by atoms with van der Waals surface area (Å²) in [6, 6.07) is 0. The number of hydrogen-bond acceptors (Lipinski definition) is 1. The standard InChI is InChI=1S/C12H24N2/c1-3-5-12(13)14-9-11-7-4-6-10(2)8-11/h10-11H,3-9H2,1-2H3,(H2,13,14). The molecular weight excluding hydrogens is 172 g/mol. The molecule has 2 atom stereocenters. The third-order valence-corrected chi connectivity index (χ3v) is 3.10. The molecule has 0 aromatic rings. The summed E-state index contributed by atoms with van der Waals surface area (Å²) >= 11 is 0. The third kappa shape index (κ3) is 4.12. The van der Waals surface area contributed by atoms with E-state index >= 15 is 0 Å². The molecule has 1 rings (SSSR count). The Morgan fingerprint density at radius 1 is 1.43 bits per heavy atom. The molecule has 0 bridgehead atoms. The molecule has 0 saturated heterocycles. The highest BCUT2D eigenvalue weighted by atomic mass is 14.8. The highest BCUT2D eigenvalue weighted by Gasteiger charge is 2.18. The second-order valence-corrected chi connectivity index (χ2v) is 4.72. The van der Waals surface area contributed by atoms with E-state index in [1.165, 1.54) is 25.7 Å². The lowest BCUT2D eigenvalue weighted by Crippen LogP contribution is -2.18. The summed E-state index contributed by atoms with van der Waals surface area (Å²) in [6.45, 7) is 5.46. The monoisotopic (exact) mass is 196 g/mol. The molecule has 0 heterocycles. The fourth-order valence-corrected chi connectivity index (χ4v) is 2.31. The third-order valence-electron chi connectivity index (χ3n) is 3.10. The van der Waals surface area contributed by atoms with E-state index in [1.807, 2.05) is 0 Å². The lowest BCUT2D eigenvalue weighted by atomic mass is 9.82. The van der Waals surface area contributed by atoms with Gasteiger partial charge in [0.05, 0.1) is 5.84 Å². The smallest absolute Gasteiger partial charge is 0.0937 e. The van der Waals surface area contributed by atoms with Gasteiger partial charge in [0.1, 0.15) is 0 Å². The molecule has 1 aliphatic carbocycles. The molecule has 14 heavy (non-hydrogen) atoms. The number of nitrogens with two attached hydrogens (primary N) is 1. The molecule has 2 N–H and O–H groups in total. The second kappa shape index (κ2) is 6.05. The molecule has 1 saturated carbocycles. The first-order chi connectivity index (χ1) is 6.72. The van der Waals surface area contributed by atoms with Gasteiger partial charge in [0.25, 0.3) is 0 Å². The van der Waals surface area contributed by atoms with Crippen molar-refractivity contribution in [2.75, 3.05) is 6.54 Å². The van der Waals surface area contributed by atoms with Crippen LogP contribution in [0.2, 0.25) is 0 Å². The number of hydrogen-bond donors (Lipinski definition) is 1. The van der Waals surface area contributed by atoms with E-state index in [4.69, 9.17) is 5.73 Å². The molecule has 1 fully saturated rings. The quantitative estimate of drug-likeness (QED) is 0.545. The van der Waals surface area contributed by atoms with Gasteiger partial charge in [-0.2, -0.15) is 0 Å². The molecule has 0 radical (unpaired) electrons. The maximum Gasteiger partial charge on any atom is 0.0937 e. The van der Waals surface area contributed by atoms with Crippen molar-refractivity contribution < 1.29 is 0 Å². The molecule has 2 heteroatoms. The molecule has 0 spiro atoms. The van der Waals surface area contributed by atoms with Gasteiger partial charge in [0.15, 0.2) is 0 Å². The maximum atomic E-state index is 5.79. The Morgan fingerprint density at radius 3 is 2.86 bits per heavy atom. The Labute approximate surface area is 88.0 Å². The number of aliphatic imine (C=N–C) groups is 1. The lowest BCUT2D eigenvalue weighted by Gasteiger charge is -2.25. The summed E-state index contributed by atoms with van der Waals surface area (Å²) in [5.74, 6) is 2.55. The molecule has 82 valence electrons. The first-order valence-electron chi connectivity index (χ1n) is 6.01. The largest absolute Gasteiger partial charge is 0.387 e. The zero-order valence-corrected chi connectivity index (χ0v) is 9.63. The van der Waals surface area contributed by atoms with Crippen molar-refractivity contribution in [1.82, 2.24) is 0 Å². The fourth-order valence-electron chi connectivity index (χ4n) is 2.31. The highest BCUT2D eigenvalue weighted by molar-refractivity contribution is 5.80. The summed E-state index contributed by atoms with van der Waals surface area (Å²) < 4.78 is 0. The molecule has 0 aromatic carbocycles. The van der Waals surface area contributed by atoms with Gasteiger partial charge >= 0.3 is 0 Å². The first-order valence-corrected chi connectivity index (χ1v) is 6.01. The topological polar surface area (TPSA) is 38.4 Å². The predicted molar refractivity (Wildman–Crippen MR) is 62.5 cm³/mol. The van der Waals surface area contributed by atoms with Crippen LogP contribution in [0.25, 0.3) is 0 Å². The second-order valence-electron chi connectivity index (χ2n) is 4.72. The molecule has 2 unspecified atom stereocenters. The summed E-state index contributed by atoms with van der Waals surface area (Å²) in [6.07, 6.45) is 7.56. The van der Waals surface area contributed by atoms with Crippen LogP contribution in [0.5, 0.6) is 0 Å². The Bertz CT molecular complexity index is 187. The van der Waals surface area contributed by atoms with Crippen LogP contribution < -0.4 is 5.73 Å².